The van der Waals surface area contributed by atoms with Crippen molar-refractivity contribution in [2.45, 2.75) is 20.0 Å². The summed E-state index contributed by atoms with van der Waals surface area (Å²) in [6, 6.07) is 3.33. The molecule has 7 heteroatoms. The van der Waals surface area contributed by atoms with E-state index in [0.717, 1.165) is 10.7 Å². The molecule has 0 unspecified atom stereocenters. The number of aryl methyl sites for hydroxylation is 2. The van der Waals surface area contributed by atoms with Crippen LogP contribution in [0.15, 0.2) is 18.2 Å². The molecule has 0 saturated heterocycles. The highest BCUT2D eigenvalue weighted by atomic mass is 19.4. The zero-order valence-electron chi connectivity index (χ0n) is 10.2. The van der Waals surface area contributed by atoms with Crippen LogP contribution in [0.2, 0.25) is 0 Å². The molecule has 0 saturated carbocycles. The van der Waals surface area contributed by atoms with E-state index in [1.54, 1.807) is 13.8 Å². The fraction of sp³-hybridized carbons (Fsp3) is 0.250. The second-order valence-corrected chi connectivity index (χ2v) is 4.01. The number of aldehydes is 1. The van der Waals surface area contributed by atoms with Gasteiger partial charge in [0.2, 0.25) is 0 Å². The summed E-state index contributed by atoms with van der Waals surface area (Å²) in [6.45, 7) is 3.16. The Morgan fingerprint density at radius 2 is 1.95 bits per heavy atom. The summed E-state index contributed by atoms with van der Waals surface area (Å²) in [7, 11) is 0. The highest BCUT2D eigenvalue weighted by Crippen LogP contribution is 2.34. The van der Waals surface area contributed by atoms with E-state index in [1.165, 1.54) is 12.1 Å². The SMILES string of the molecule is Cc1nc(C)n(-c2ccc(C=O)cc2C(F)(F)F)n1. The van der Waals surface area contributed by atoms with Crippen LogP contribution in [0, 0.1) is 13.8 Å². The standard InChI is InChI=1S/C12H10F3N3O/c1-7-16-8(2)18(17-7)11-4-3-9(6-19)5-10(11)12(13,14)15/h3-6H,1-2H3. The summed E-state index contributed by atoms with van der Waals surface area (Å²) < 4.78 is 40.2. The number of benzene rings is 1. The van der Waals surface area contributed by atoms with Crippen LogP contribution in [0.4, 0.5) is 13.2 Å². The smallest absolute Gasteiger partial charge is 0.298 e. The van der Waals surface area contributed by atoms with Gasteiger partial charge >= 0.3 is 6.18 Å². The summed E-state index contributed by atoms with van der Waals surface area (Å²) in [5.41, 5.74) is -1.09. The molecule has 1 aromatic carbocycles. The number of carbonyl (C=O) groups excluding carboxylic acids is 1. The van der Waals surface area contributed by atoms with Crippen molar-refractivity contribution in [3.63, 3.8) is 0 Å². The largest absolute Gasteiger partial charge is 0.418 e. The minimum Gasteiger partial charge on any atom is -0.298 e. The highest BCUT2D eigenvalue weighted by Gasteiger charge is 2.35. The molecule has 0 bridgehead atoms. The minimum absolute atomic E-state index is 0.0365. The lowest BCUT2D eigenvalue weighted by molar-refractivity contribution is -0.137. The zero-order valence-corrected chi connectivity index (χ0v) is 10.2. The molecule has 0 aliphatic heterocycles. The van der Waals surface area contributed by atoms with Crippen molar-refractivity contribution < 1.29 is 18.0 Å². The maximum Gasteiger partial charge on any atom is 0.418 e. The van der Waals surface area contributed by atoms with Crippen molar-refractivity contribution >= 4 is 6.29 Å². The molecule has 0 aliphatic carbocycles. The Morgan fingerprint density at radius 1 is 1.26 bits per heavy atom. The molecular formula is C12H10F3N3O. The number of nitrogens with zero attached hydrogens (tertiary/aromatic N) is 3. The third-order valence-corrected chi connectivity index (χ3v) is 2.57. The van der Waals surface area contributed by atoms with Crippen LogP contribution in [-0.2, 0) is 6.18 Å². The van der Waals surface area contributed by atoms with Gasteiger partial charge in [0, 0.05) is 5.56 Å². The van der Waals surface area contributed by atoms with Gasteiger partial charge in [-0.3, -0.25) is 4.79 Å². The lowest BCUT2D eigenvalue weighted by Gasteiger charge is -2.13. The van der Waals surface area contributed by atoms with Gasteiger partial charge in [-0.25, -0.2) is 9.67 Å². The van der Waals surface area contributed by atoms with Gasteiger partial charge in [0.05, 0.1) is 11.3 Å². The van der Waals surface area contributed by atoms with Crippen LogP contribution in [0.1, 0.15) is 27.6 Å². The number of halogens is 3. The van der Waals surface area contributed by atoms with Crippen LogP contribution >= 0.6 is 0 Å². The average Bonchev–Trinajstić information content (AvgIpc) is 2.66. The number of aromatic nitrogens is 3. The van der Waals surface area contributed by atoms with E-state index >= 15 is 0 Å². The second kappa shape index (κ2) is 4.49. The minimum atomic E-state index is -4.57. The normalized spacial score (nSPS) is 11.6. The van der Waals surface area contributed by atoms with Crippen molar-refractivity contribution in [3.05, 3.63) is 41.0 Å². The predicted octanol–water partition coefficient (Wildman–Crippen LogP) is 2.72. The Hall–Kier alpha value is -2.18. The Morgan fingerprint density at radius 3 is 2.42 bits per heavy atom. The fourth-order valence-electron chi connectivity index (χ4n) is 1.79. The van der Waals surface area contributed by atoms with E-state index in [-0.39, 0.29) is 11.3 Å². The van der Waals surface area contributed by atoms with Crippen molar-refractivity contribution in [2.75, 3.05) is 0 Å². The Bertz CT molecular complexity index is 632. The van der Waals surface area contributed by atoms with Gasteiger partial charge in [-0.05, 0) is 32.0 Å². The van der Waals surface area contributed by atoms with Gasteiger partial charge in [-0.1, -0.05) is 0 Å². The molecule has 0 fully saturated rings. The lowest BCUT2D eigenvalue weighted by Crippen LogP contribution is -2.13. The predicted molar refractivity (Wildman–Crippen MR) is 61.2 cm³/mol. The number of carbonyl (C=O) groups is 1. The summed E-state index contributed by atoms with van der Waals surface area (Å²) in [6.07, 6.45) is -4.20. The number of hydrogen-bond acceptors (Lipinski definition) is 3. The highest BCUT2D eigenvalue weighted by molar-refractivity contribution is 5.76. The first-order chi connectivity index (χ1) is 8.82. The van der Waals surface area contributed by atoms with Crippen LogP contribution in [-0.4, -0.2) is 21.1 Å². The van der Waals surface area contributed by atoms with E-state index in [1.807, 2.05) is 0 Å². The molecule has 0 atom stereocenters. The molecule has 1 heterocycles. The third-order valence-electron chi connectivity index (χ3n) is 2.57. The van der Waals surface area contributed by atoms with Gasteiger partial charge in [-0.15, -0.1) is 0 Å². The summed E-state index contributed by atoms with van der Waals surface area (Å²) in [4.78, 5) is 14.6. The molecular weight excluding hydrogens is 259 g/mol. The van der Waals surface area contributed by atoms with E-state index < -0.39 is 11.7 Å². The van der Waals surface area contributed by atoms with Crippen LogP contribution in [0.5, 0.6) is 0 Å². The first-order valence-corrected chi connectivity index (χ1v) is 5.40. The molecule has 0 radical (unpaired) electrons. The third kappa shape index (κ3) is 2.49. The van der Waals surface area contributed by atoms with Crippen molar-refractivity contribution in [3.8, 4) is 5.69 Å². The van der Waals surface area contributed by atoms with E-state index in [4.69, 9.17) is 0 Å². The molecule has 0 amide bonds. The van der Waals surface area contributed by atoms with Gasteiger partial charge < -0.3 is 0 Å². The van der Waals surface area contributed by atoms with Crippen molar-refractivity contribution in [1.29, 1.82) is 0 Å². The van der Waals surface area contributed by atoms with Gasteiger partial charge in [-0.2, -0.15) is 18.3 Å². The molecule has 19 heavy (non-hydrogen) atoms. The fourth-order valence-corrected chi connectivity index (χ4v) is 1.79. The lowest BCUT2D eigenvalue weighted by atomic mass is 10.1. The van der Waals surface area contributed by atoms with E-state index in [2.05, 4.69) is 10.1 Å². The maximum absolute atomic E-state index is 13.0. The molecule has 4 nitrogen and oxygen atoms in total. The monoisotopic (exact) mass is 269 g/mol. The Labute approximate surface area is 106 Å². The quantitative estimate of drug-likeness (QED) is 0.787. The van der Waals surface area contributed by atoms with Gasteiger partial charge in [0.15, 0.2) is 0 Å². The molecule has 0 N–H and O–H groups in total. The molecule has 100 valence electrons. The number of hydrogen-bond donors (Lipinski definition) is 0. The summed E-state index contributed by atoms with van der Waals surface area (Å²) in [5, 5.41) is 3.93. The summed E-state index contributed by atoms with van der Waals surface area (Å²) >= 11 is 0. The average molecular weight is 269 g/mol. The zero-order chi connectivity index (χ0) is 14.2. The van der Waals surface area contributed by atoms with Crippen LogP contribution in [0.25, 0.3) is 5.69 Å². The molecule has 1 aromatic heterocycles. The first kappa shape index (κ1) is 13.3. The molecule has 2 rings (SSSR count). The summed E-state index contributed by atoms with van der Waals surface area (Å²) in [5.74, 6) is 0.729. The number of rotatable bonds is 2. The maximum atomic E-state index is 13.0. The first-order valence-electron chi connectivity index (χ1n) is 5.40. The van der Waals surface area contributed by atoms with Crippen molar-refractivity contribution in [2.24, 2.45) is 0 Å². The number of alkyl halides is 3. The topological polar surface area (TPSA) is 47.8 Å². The van der Waals surface area contributed by atoms with Crippen LogP contribution in [0.3, 0.4) is 0 Å². The van der Waals surface area contributed by atoms with Gasteiger partial charge in [0.1, 0.15) is 17.9 Å². The van der Waals surface area contributed by atoms with E-state index in [0.29, 0.717) is 17.9 Å². The van der Waals surface area contributed by atoms with Crippen LogP contribution < -0.4 is 0 Å². The molecule has 0 aliphatic rings. The molecule has 0 spiro atoms. The molecule has 2 aromatic rings. The Kier molecular flexibility index (Phi) is 3.13. The van der Waals surface area contributed by atoms with E-state index in [9.17, 15) is 18.0 Å². The van der Waals surface area contributed by atoms with Crippen molar-refractivity contribution in [1.82, 2.24) is 14.8 Å². The van der Waals surface area contributed by atoms with Gasteiger partial charge in [0.25, 0.3) is 0 Å². The second-order valence-electron chi connectivity index (χ2n) is 4.01. The Balaban J connectivity index is 2.69.